The van der Waals surface area contributed by atoms with E-state index in [1.807, 2.05) is 46.9 Å². The second-order valence-corrected chi connectivity index (χ2v) is 6.66. The second kappa shape index (κ2) is 5.92. The molecule has 1 aromatic rings. The summed E-state index contributed by atoms with van der Waals surface area (Å²) in [7, 11) is 0. The number of anilines is 1. The Balaban J connectivity index is 1.99. The van der Waals surface area contributed by atoms with E-state index in [1.165, 1.54) is 0 Å². The van der Waals surface area contributed by atoms with Crippen LogP contribution in [0.25, 0.3) is 0 Å². The van der Waals surface area contributed by atoms with Crippen molar-refractivity contribution in [3.63, 3.8) is 0 Å². The Labute approximate surface area is 126 Å². The molecule has 0 aliphatic carbocycles. The molecule has 1 aromatic heterocycles. The van der Waals surface area contributed by atoms with Gasteiger partial charge in [-0.2, -0.15) is 0 Å². The van der Waals surface area contributed by atoms with Crippen LogP contribution in [0.5, 0.6) is 0 Å². The summed E-state index contributed by atoms with van der Waals surface area (Å²) >= 11 is 0. The van der Waals surface area contributed by atoms with Crippen molar-refractivity contribution in [1.82, 2.24) is 9.88 Å². The number of aryl methyl sites for hydroxylation is 1. The standard InChI is InChI=1S/C16H25N3O2/c1-12-6-7-14(17-10-12)18-8-9-19(13(2)11-18)15(20)21-16(3,4)5/h6-7,10,13H,8-9,11H2,1-5H3. The number of ether oxygens (including phenoxy) is 1. The van der Waals surface area contributed by atoms with Gasteiger partial charge in [0, 0.05) is 31.9 Å². The zero-order chi connectivity index (χ0) is 15.6. The molecule has 0 saturated carbocycles. The highest BCUT2D eigenvalue weighted by atomic mass is 16.6. The van der Waals surface area contributed by atoms with E-state index in [4.69, 9.17) is 4.74 Å². The SMILES string of the molecule is Cc1ccc(N2CCN(C(=O)OC(C)(C)C)C(C)C2)nc1. The van der Waals surface area contributed by atoms with Crippen molar-refractivity contribution in [3.05, 3.63) is 23.9 Å². The molecule has 1 unspecified atom stereocenters. The monoisotopic (exact) mass is 291 g/mol. The van der Waals surface area contributed by atoms with Crippen molar-refractivity contribution in [1.29, 1.82) is 0 Å². The van der Waals surface area contributed by atoms with E-state index in [2.05, 4.69) is 16.0 Å². The number of carbonyl (C=O) groups is 1. The van der Waals surface area contributed by atoms with E-state index in [0.717, 1.165) is 24.5 Å². The lowest BCUT2D eigenvalue weighted by molar-refractivity contribution is 0.0158. The largest absolute Gasteiger partial charge is 0.444 e. The average Bonchev–Trinajstić information content (AvgIpc) is 2.37. The zero-order valence-corrected chi connectivity index (χ0v) is 13.6. The van der Waals surface area contributed by atoms with E-state index >= 15 is 0 Å². The minimum atomic E-state index is -0.452. The second-order valence-electron chi connectivity index (χ2n) is 6.66. The highest BCUT2D eigenvalue weighted by Gasteiger charge is 2.31. The van der Waals surface area contributed by atoms with Gasteiger partial charge in [-0.3, -0.25) is 0 Å². The van der Waals surface area contributed by atoms with Crippen LogP contribution in [0.15, 0.2) is 18.3 Å². The lowest BCUT2D eigenvalue weighted by Crippen LogP contribution is -2.55. The number of amides is 1. The molecule has 1 aliphatic rings. The van der Waals surface area contributed by atoms with Crippen molar-refractivity contribution < 1.29 is 9.53 Å². The lowest BCUT2D eigenvalue weighted by Gasteiger charge is -2.40. The van der Waals surface area contributed by atoms with Gasteiger partial charge in [0.15, 0.2) is 0 Å². The van der Waals surface area contributed by atoms with Crippen LogP contribution in [-0.2, 0) is 4.74 Å². The van der Waals surface area contributed by atoms with Crippen molar-refractivity contribution in [2.24, 2.45) is 0 Å². The fourth-order valence-corrected chi connectivity index (χ4v) is 2.40. The van der Waals surface area contributed by atoms with Crippen LogP contribution in [0.1, 0.15) is 33.3 Å². The maximum Gasteiger partial charge on any atom is 0.410 e. The molecule has 0 N–H and O–H groups in total. The van der Waals surface area contributed by atoms with Crippen molar-refractivity contribution >= 4 is 11.9 Å². The number of carbonyl (C=O) groups excluding carboxylic acids is 1. The van der Waals surface area contributed by atoms with E-state index in [1.54, 1.807) is 4.90 Å². The molecule has 1 amide bonds. The highest BCUT2D eigenvalue weighted by molar-refractivity contribution is 5.69. The molecular weight excluding hydrogens is 266 g/mol. The minimum absolute atomic E-state index is 0.108. The number of pyridine rings is 1. The van der Waals surface area contributed by atoms with Gasteiger partial charge in [0.2, 0.25) is 0 Å². The molecule has 5 heteroatoms. The topological polar surface area (TPSA) is 45.7 Å². The predicted octanol–water partition coefficient (Wildman–Crippen LogP) is 2.84. The first kappa shape index (κ1) is 15.6. The summed E-state index contributed by atoms with van der Waals surface area (Å²) in [4.78, 5) is 20.7. The number of rotatable bonds is 1. The van der Waals surface area contributed by atoms with Crippen molar-refractivity contribution in [3.8, 4) is 0 Å². The lowest BCUT2D eigenvalue weighted by atomic mass is 10.2. The van der Waals surface area contributed by atoms with Gasteiger partial charge in [0.1, 0.15) is 11.4 Å². The Bertz CT molecular complexity index is 493. The summed E-state index contributed by atoms with van der Waals surface area (Å²) in [5.41, 5.74) is 0.700. The number of hydrogen-bond acceptors (Lipinski definition) is 4. The third kappa shape index (κ3) is 4.09. The fraction of sp³-hybridized carbons (Fsp3) is 0.625. The minimum Gasteiger partial charge on any atom is -0.444 e. The van der Waals surface area contributed by atoms with Crippen LogP contribution in [-0.4, -0.2) is 47.3 Å². The molecule has 1 fully saturated rings. The molecule has 1 saturated heterocycles. The molecule has 1 atom stereocenters. The fourth-order valence-electron chi connectivity index (χ4n) is 2.40. The molecule has 5 nitrogen and oxygen atoms in total. The van der Waals surface area contributed by atoms with Crippen molar-refractivity contribution in [2.45, 2.75) is 46.3 Å². The number of piperazine rings is 1. The van der Waals surface area contributed by atoms with Gasteiger partial charge in [-0.05, 0) is 46.2 Å². The van der Waals surface area contributed by atoms with Crippen LogP contribution in [0, 0.1) is 6.92 Å². The van der Waals surface area contributed by atoms with Gasteiger partial charge >= 0.3 is 6.09 Å². The number of aromatic nitrogens is 1. The molecule has 1 aliphatic heterocycles. The van der Waals surface area contributed by atoms with E-state index in [0.29, 0.717) is 6.54 Å². The molecule has 0 bridgehead atoms. The van der Waals surface area contributed by atoms with Crippen LogP contribution in [0.3, 0.4) is 0 Å². The molecule has 0 radical (unpaired) electrons. The number of nitrogens with zero attached hydrogens (tertiary/aromatic N) is 3. The van der Waals surface area contributed by atoms with Crippen LogP contribution < -0.4 is 4.90 Å². The predicted molar refractivity (Wildman–Crippen MR) is 83.6 cm³/mol. The summed E-state index contributed by atoms with van der Waals surface area (Å²) in [6.07, 6.45) is 1.65. The summed E-state index contributed by atoms with van der Waals surface area (Å²) in [6, 6.07) is 4.20. The maximum absolute atomic E-state index is 12.2. The Morgan fingerprint density at radius 2 is 2.05 bits per heavy atom. The van der Waals surface area contributed by atoms with Crippen LogP contribution in [0.2, 0.25) is 0 Å². The Morgan fingerprint density at radius 1 is 1.33 bits per heavy atom. The normalized spacial score (nSPS) is 19.6. The first-order valence-electron chi connectivity index (χ1n) is 7.43. The van der Waals surface area contributed by atoms with E-state index in [9.17, 15) is 4.79 Å². The zero-order valence-electron chi connectivity index (χ0n) is 13.6. The molecule has 21 heavy (non-hydrogen) atoms. The van der Waals surface area contributed by atoms with Gasteiger partial charge in [-0.15, -0.1) is 0 Å². The third-order valence-electron chi connectivity index (χ3n) is 3.48. The first-order valence-corrected chi connectivity index (χ1v) is 7.43. The van der Waals surface area contributed by atoms with E-state index in [-0.39, 0.29) is 12.1 Å². The van der Waals surface area contributed by atoms with Crippen molar-refractivity contribution in [2.75, 3.05) is 24.5 Å². The Morgan fingerprint density at radius 3 is 2.57 bits per heavy atom. The molecule has 0 spiro atoms. The summed E-state index contributed by atoms with van der Waals surface area (Å²) in [5.74, 6) is 0.969. The Hall–Kier alpha value is -1.78. The highest BCUT2D eigenvalue weighted by Crippen LogP contribution is 2.19. The third-order valence-corrected chi connectivity index (χ3v) is 3.48. The molecule has 116 valence electrons. The molecule has 2 rings (SSSR count). The summed E-state index contributed by atoms with van der Waals surface area (Å²) in [6.45, 7) is 12.0. The summed E-state index contributed by atoms with van der Waals surface area (Å²) in [5, 5.41) is 0. The average molecular weight is 291 g/mol. The summed E-state index contributed by atoms with van der Waals surface area (Å²) < 4.78 is 5.46. The molecular formula is C16H25N3O2. The van der Waals surface area contributed by atoms with E-state index < -0.39 is 5.60 Å². The quantitative estimate of drug-likeness (QED) is 0.798. The smallest absolute Gasteiger partial charge is 0.410 e. The maximum atomic E-state index is 12.2. The Kier molecular flexibility index (Phi) is 4.40. The van der Waals surface area contributed by atoms with Gasteiger partial charge < -0.3 is 14.5 Å². The van der Waals surface area contributed by atoms with Gasteiger partial charge in [0.05, 0.1) is 0 Å². The van der Waals surface area contributed by atoms with Gasteiger partial charge in [-0.1, -0.05) is 6.07 Å². The molecule has 2 heterocycles. The van der Waals surface area contributed by atoms with Gasteiger partial charge in [-0.25, -0.2) is 9.78 Å². The van der Waals surface area contributed by atoms with Crippen LogP contribution >= 0.6 is 0 Å². The van der Waals surface area contributed by atoms with Crippen LogP contribution in [0.4, 0.5) is 10.6 Å². The molecule has 0 aromatic carbocycles. The first-order chi connectivity index (χ1) is 9.76. The van der Waals surface area contributed by atoms with Gasteiger partial charge in [0.25, 0.3) is 0 Å². The number of hydrogen-bond donors (Lipinski definition) is 0.